The topological polar surface area (TPSA) is 18.5 Å². The second kappa shape index (κ2) is 8.20. The lowest BCUT2D eigenvalue weighted by molar-refractivity contribution is -0.154. The summed E-state index contributed by atoms with van der Waals surface area (Å²) in [7, 11) is 3.68. The molecular weight excluding hydrogens is 524 g/mol. The zero-order valence-electron chi connectivity index (χ0n) is 27.6. The van der Waals surface area contributed by atoms with Crippen LogP contribution < -0.4 is 0 Å². The zero-order chi connectivity index (χ0) is 30.5. The fourth-order valence-corrected chi connectivity index (χ4v) is 11.1. The van der Waals surface area contributed by atoms with Crippen molar-refractivity contribution in [3.05, 3.63) is 106 Å². The summed E-state index contributed by atoms with van der Waals surface area (Å²) >= 11 is 0. The van der Waals surface area contributed by atoms with Gasteiger partial charge in [0.1, 0.15) is 0 Å². The van der Waals surface area contributed by atoms with E-state index in [1.165, 1.54) is 55.3 Å². The van der Waals surface area contributed by atoms with Gasteiger partial charge in [-0.25, -0.2) is 0 Å². The molecule has 4 aliphatic carbocycles. The first-order chi connectivity index (χ1) is 20.3. The molecule has 4 aromatic rings. The van der Waals surface area contributed by atoms with Crippen LogP contribution in [-0.2, 0) is 37.6 Å². The lowest BCUT2D eigenvalue weighted by Gasteiger charge is -2.35. The molecule has 4 atom stereocenters. The minimum Gasteiger partial charge on any atom is -0.351 e. The van der Waals surface area contributed by atoms with Gasteiger partial charge in [-0.15, -0.1) is 0 Å². The Morgan fingerprint density at radius 2 is 1.37 bits per heavy atom. The first kappa shape index (κ1) is 27.6. The molecular formula is C41H46O2. The van der Waals surface area contributed by atoms with Crippen LogP contribution in [0.5, 0.6) is 0 Å². The lowest BCUT2D eigenvalue weighted by Crippen LogP contribution is -2.27. The molecule has 4 aliphatic rings. The van der Waals surface area contributed by atoms with Crippen LogP contribution in [0.3, 0.4) is 0 Å². The Kier molecular flexibility index (Phi) is 5.26. The number of hydrogen-bond acceptors (Lipinski definition) is 2. The molecule has 2 nitrogen and oxygen atoms in total. The maximum absolute atomic E-state index is 6.51. The van der Waals surface area contributed by atoms with E-state index in [4.69, 9.17) is 9.47 Å². The molecule has 1 saturated carbocycles. The van der Waals surface area contributed by atoms with Crippen LogP contribution in [0, 0.1) is 5.92 Å². The highest BCUT2D eigenvalue weighted by Gasteiger charge is 2.88. The van der Waals surface area contributed by atoms with E-state index in [1.807, 2.05) is 14.2 Å². The van der Waals surface area contributed by atoms with E-state index in [0.717, 1.165) is 6.42 Å². The Hall–Kier alpha value is -2.94. The highest BCUT2D eigenvalue weighted by Crippen LogP contribution is 2.80. The fourth-order valence-electron chi connectivity index (χ4n) is 11.1. The molecule has 222 valence electrons. The molecule has 1 fully saturated rings. The van der Waals surface area contributed by atoms with Gasteiger partial charge in [0.15, 0.2) is 5.79 Å². The van der Waals surface area contributed by atoms with Gasteiger partial charge in [-0.3, -0.25) is 0 Å². The minimum atomic E-state index is -0.749. The Morgan fingerprint density at radius 1 is 0.698 bits per heavy atom. The molecule has 0 aromatic heterocycles. The zero-order valence-corrected chi connectivity index (χ0v) is 27.6. The number of benzene rings is 4. The van der Waals surface area contributed by atoms with Gasteiger partial charge < -0.3 is 9.47 Å². The van der Waals surface area contributed by atoms with E-state index < -0.39 is 5.79 Å². The standard InChI is InChI=1S/C41H46O2/c1-23(2)21-24-15-17-26-25(22-24)16-18-28-32-31(39(7)40(8,34(26)28)41(39,42-9)43-10)20-19-30-33(32)36-35(38(30,5)6)27-13-11-12-14-29(27)37(36,3)4/h11-20,22-23,35-36H,21H2,1-10H3. The van der Waals surface area contributed by atoms with Crippen molar-refractivity contribution in [2.45, 2.75) is 101 Å². The highest BCUT2D eigenvalue weighted by atomic mass is 16.7. The van der Waals surface area contributed by atoms with E-state index in [1.54, 1.807) is 5.56 Å². The molecule has 0 amide bonds. The van der Waals surface area contributed by atoms with Crippen LogP contribution in [0.4, 0.5) is 0 Å². The number of rotatable bonds is 4. The third kappa shape index (κ3) is 2.81. The summed E-state index contributed by atoms with van der Waals surface area (Å²) in [5, 5.41) is 2.65. The van der Waals surface area contributed by atoms with Crippen LogP contribution in [-0.4, -0.2) is 20.0 Å². The molecule has 0 N–H and O–H groups in total. The monoisotopic (exact) mass is 570 g/mol. The van der Waals surface area contributed by atoms with E-state index in [2.05, 4.69) is 122 Å². The second-order valence-corrected chi connectivity index (χ2v) is 15.9. The molecule has 4 aromatic carbocycles. The predicted molar refractivity (Wildman–Crippen MR) is 177 cm³/mol. The largest absolute Gasteiger partial charge is 0.351 e. The maximum Gasteiger partial charge on any atom is 0.188 e. The van der Waals surface area contributed by atoms with Crippen LogP contribution in [0.15, 0.2) is 66.7 Å². The van der Waals surface area contributed by atoms with Crippen LogP contribution in [0.25, 0.3) is 21.9 Å². The Balaban J connectivity index is 1.49. The number of methoxy groups -OCH3 is 2. The fraction of sp³-hybridized carbons (Fsp3) is 0.463. The molecule has 0 bridgehead atoms. The minimum absolute atomic E-state index is 0.0203. The van der Waals surface area contributed by atoms with Crippen LogP contribution in [0.1, 0.15) is 106 Å². The van der Waals surface area contributed by atoms with Crippen molar-refractivity contribution < 1.29 is 9.47 Å². The normalized spacial score (nSPS) is 29.5. The summed E-state index contributed by atoms with van der Waals surface area (Å²) < 4.78 is 13.0. The van der Waals surface area contributed by atoms with Gasteiger partial charge in [-0.2, -0.15) is 0 Å². The van der Waals surface area contributed by atoms with Crippen molar-refractivity contribution in [2.24, 2.45) is 5.92 Å². The number of fused-ring (bicyclic) bond motifs is 14. The van der Waals surface area contributed by atoms with Crippen molar-refractivity contribution >= 4 is 10.8 Å². The average molecular weight is 571 g/mol. The Bertz CT molecular complexity index is 1850. The van der Waals surface area contributed by atoms with Gasteiger partial charge in [0.2, 0.25) is 0 Å². The molecule has 43 heavy (non-hydrogen) atoms. The molecule has 0 heterocycles. The molecule has 0 spiro atoms. The quantitative estimate of drug-likeness (QED) is 0.227. The van der Waals surface area contributed by atoms with Crippen molar-refractivity contribution in [1.29, 1.82) is 0 Å². The van der Waals surface area contributed by atoms with Crippen molar-refractivity contribution in [3.63, 3.8) is 0 Å². The summed E-state index contributed by atoms with van der Waals surface area (Å²) in [6, 6.07) is 26.1. The van der Waals surface area contributed by atoms with Gasteiger partial charge in [-0.05, 0) is 97.9 Å². The van der Waals surface area contributed by atoms with E-state index >= 15 is 0 Å². The molecule has 0 saturated heterocycles. The third-order valence-corrected chi connectivity index (χ3v) is 13.0. The lowest BCUT2D eigenvalue weighted by atomic mass is 9.66. The first-order valence-electron chi connectivity index (χ1n) is 16.3. The SMILES string of the molecule is COC1(OC)C2(C)c3ccc4c(c3-c3ccc5cc(CC(C)C)ccc5c3C12C)C1C(c2ccccc2C1(C)C)C4(C)C. The average Bonchev–Trinajstić information content (AvgIpc) is 3.14. The summed E-state index contributed by atoms with van der Waals surface area (Å²) in [5.74, 6) is 0.713. The van der Waals surface area contributed by atoms with Gasteiger partial charge in [0.05, 0.1) is 10.8 Å². The molecule has 0 aliphatic heterocycles. The van der Waals surface area contributed by atoms with Crippen LogP contribution in [0.2, 0.25) is 0 Å². The number of hydrogen-bond donors (Lipinski definition) is 0. The van der Waals surface area contributed by atoms with Crippen LogP contribution >= 0.6 is 0 Å². The summed E-state index contributed by atoms with van der Waals surface area (Å²) in [6.07, 6.45) is 1.09. The van der Waals surface area contributed by atoms with Crippen molar-refractivity contribution in [3.8, 4) is 11.1 Å². The molecule has 8 rings (SSSR count). The smallest absolute Gasteiger partial charge is 0.188 e. The van der Waals surface area contributed by atoms with Gasteiger partial charge in [0, 0.05) is 26.1 Å². The van der Waals surface area contributed by atoms with Crippen molar-refractivity contribution in [1.82, 2.24) is 0 Å². The second-order valence-electron chi connectivity index (χ2n) is 15.9. The van der Waals surface area contributed by atoms with E-state index in [9.17, 15) is 0 Å². The van der Waals surface area contributed by atoms with E-state index in [0.29, 0.717) is 17.8 Å². The van der Waals surface area contributed by atoms with E-state index in [-0.39, 0.29) is 21.7 Å². The summed E-state index contributed by atoms with van der Waals surface area (Å²) in [5.41, 5.74) is 12.5. The first-order valence-corrected chi connectivity index (χ1v) is 16.3. The Morgan fingerprint density at radius 3 is 2.07 bits per heavy atom. The predicted octanol–water partition coefficient (Wildman–Crippen LogP) is 9.69. The third-order valence-electron chi connectivity index (χ3n) is 13.0. The molecule has 4 unspecified atom stereocenters. The Labute approximate surface area is 257 Å². The summed E-state index contributed by atoms with van der Waals surface area (Å²) in [4.78, 5) is 0. The van der Waals surface area contributed by atoms with Gasteiger partial charge >= 0.3 is 0 Å². The van der Waals surface area contributed by atoms with Gasteiger partial charge in [0.25, 0.3) is 0 Å². The molecule has 0 radical (unpaired) electrons. The van der Waals surface area contributed by atoms with Crippen molar-refractivity contribution in [2.75, 3.05) is 14.2 Å². The highest BCUT2D eigenvalue weighted by molar-refractivity contribution is 5.99. The van der Waals surface area contributed by atoms with Gasteiger partial charge in [-0.1, -0.05) is 108 Å². The maximum atomic E-state index is 6.51. The summed E-state index contributed by atoms with van der Waals surface area (Å²) in [6.45, 7) is 19.3. The molecule has 2 heteroatoms. The number of ether oxygens (including phenoxy) is 2.